The summed E-state index contributed by atoms with van der Waals surface area (Å²) in [4.78, 5) is 24.0. The van der Waals surface area contributed by atoms with Gasteiger partial charge in [0.25, 0.3) is 0 Å². The highest BCUT2D eigenvalue weighted by Gasteiger charge is 2.49. The summed E-state index contributed by atoms with van der Waals surface area (Å²) in [7, 11) is 0. The van der Waals surface area contributed by atoms with Crippen LogP contribution in [0.4, 0.5) is 0 Å². The minimum absolute atomic E-state index is 0.0436. The second kappa shape index (κ2) is 6.97. The Kier molecular flexibility index (Phi) is 5.60. The lowest BCUT2D eigenvalue weighted by Gasteiger charge is -2.27. The van der Waals surface area contributed by atoms with E-state index in [4.69, 9.17) is 22.8 Å². The summed E-state index contributed by atoms with van der Waals surface area (Å²) >= 11 is 5.89. The van der Waals surface area contributed by atoms with E-state index in [0.717, 1.165) is 0 Å². The summed E-state index contributed by atoms with van der Waals surface area (Å²) in [6.07, 6.45) is 5.29. The number of terminal acetylenes is 1. The first-order valence-electron chi connectivity index (χ1n) is 6.09. The quantitative estimate of drug-likeness (QED) is 0.498. The van der Waals surface area contributed by atoms with Crippen LogP contribution in [0.2, 0.25) is 5.02 Å². The van der Waals surface area contributed by atoms with Crippen molar-refractivity contribution < 1.29 is 19.4 Å². The van der Waals surface area contributed by atoms with E-state index < -0.39 is 17.4 Å². The molecule has 106 valence electrons. The van der Waals surface area contributed by atoms with E-state index in [2.05, 4.69) is 5.92 Å². The van der Waals surface area contributed by atoms with E-state index >= 15 is 0 Å². The van der Waals surface area contributed by atoms with Crippen molar-refractivity contribution in [2.75, 3.05) is 6.61 Å². The van der Waals surface area contributed by atoms with Crippen LogP contribution in [0.15, 0.2) is 24.3 Å². The fraction of sp³-hybridized carbons (Fsp3) is 0.333. The van der Waals surface area contributed by atoms with Crippen LogP contribution in [-0.2, 0) is 19.7 Å². The van der Waals surface area contributed by atoms with Crippen LogP contribution in [0.3, 0.4) is 0 Å². The highest BCUT2D eigenvalue weighted by atomic mass is 35.5. The molecule has 0 fully saturated rings. The zero-order valence-corrected chi connectivity index (χ0v) is 11.8. The molecule has 0 aliphatic heterocycles. The molecular weight excluding hydrogens is 280 g/mol. The normalized spacial score (nSPS) is 13.1. The third-order valence-corrected chi connectivity index (χ3v) is 3.19. The standard InChI is InChI=1S/C15H15ClO4/c1-3-5-9-15(13(17)18,14(19)20-4-2)11-7-6-8-12(16)10-11/h1,6-8,10H,4-5,9H2,2H3,(H,17,18). The molecule has 1 N–H and O–H groups in total. The van der Waals surface area contributed by atoms with E-state index in [1.54, 1.807) is 19.1 Å². The van der Waals surface area contributed by atoms with E-state index in [0.29, 0.717) is 5.02 Å². The van der Waals surface area contributed by atoms with Crippen LogP contribution < -0.4 is 0 Å². The number of aliphatic carboxylic acids is 1. The highest BCUT2D eigenvalue weighted by molar-refractivity contribution is 6.30. The maximum absolute atomic E-state index is 12.2. The number of hydrogen-bond donors (Lipinski definition) is 1. The van der Waals surface area contributed by atoms with Crippen LogP contribution in [0.1, 0.15) is 25.3 Å². The van der Waals surface area contributed by atoms with Crippen LogP contribution in [0.5, 0.6) is 0 Å². The second-order valence-corrected chi connectivity index (χ2v) is 4.58. The lowest BCUT2D eigenvalue weighted by molar-refractivity contribution is -0.162. The molecule has 0 spiro atoms. The third kappa shape index (κ3) is 3.12. The summed E-state index contributed by atoms with van der Waals surface area (Å²) in [5, 5.41) is 9.92. The van der Waals surface area contributed by atoms with Gasteiger partial charge in [-0.1, -0.05) is 23.7 Å². The zero-order chi connectivity index (χ0) is 15.2. The Bertz CT molecular complexity index is 547. The molecule has 1 aromatic rings. The van der Waals surface area contributed by atoms with Crippen molar-refractivity contribution in [1.29, 1.82) is 0 Å². The van der Waals surface area contributed by atoms with E-state index in [1.807, 2.05) is 0 Å². The molecule has 0 heterocycles. The molecule has 1 unspecified atom stereocenters. The van der Waals surface area contributed by atoms with Crippen molar-refractivity contribution in [3.8, 4) is 12.3 Å². The van der Waals surface area contributed by atoms with Gasteiger partial charge in [0.2, 0.25) is 0 Å². The van der Waals surface area contributed by atoms with Crippen LogP contribution in [0.25, 0.3) is 0 Å². The van der Waals surface area contributed by atoms with E-state index in [1.165, 1.54) is 12.1 Å². The molecule has 0 saturated carbocycles. The van der Waals surface area contributed by atoms with Gasteiger partial charge < -0.3 is 9.84 Å². The second-order valence-electron chi connectivity index (χ2n) is 4.15. The molecule has 0 aliphatic rings. The summed E-state index contributed by atoms with van der Waals surface area (Å²) < 4.78 is 4.93. The van der Waals surface area contributed by atoms with Crippen molar-refractivity contribution in [3.63, 3.8) is 0 Å². The minimum atomic E-state index is -1.83. The monoisotopic (exact) mass is 294 g/mol. The van der Waals surface area contributed by atoms with Crippen LogP contribution >= 0.6 is 11.6 Å². The Balaban J connectivity index is 3.40. The molecule has 0 aliphatic carbocycles. The first kappa shape index (κ1) is 16.1. The molecule has 1 rings (SSSR count). The SMILES string of the molecule is C#CCCC(C(=O)O)(C(=O)OCC)c1cccc(Cl)c1. The molecule has 1 aromatic carbocycles. The van der Waals surface area contributed by atoms with Crippen molar-refractivity contribution in [2.45, 2.75) is 25.2 Å². The largest absolute Gasteiger partial charge is 0.480 e. The predicted molar refractivity (Wildman–Crippen MR) is 75.5 cm³/mol. The smallest absolute Gasteiger partial charge is 0.328 e. The molecule has 4 nitrogen and oxygen atoms in total. The Morgan fingerprint density at radius 3 is 2.70 bits per heavy atom. The highest BCUT2D eigenvalue weighted by Crippen LogP contribution is 2.33. The molecule has 0 amide bonds. The fourth-order valence-electron chi connectivity index (χ4n) is 1.95. The Morgan fingerprint density at radius 1 is 1.50 bits per heavy atom. The molecule has 0 bridgehead atoms. The summed E-state index contributed by atoms with van der Waals surface area (Å²) in [5.74, 6) is 0.229. The van der Waals surface area contributed by atoms with E-state index in [9.17, 15) is 14.7 Å². The number of carboxylic acid groups (broad SMARTS) is 1. The lowest BCUT2D eigenvalue weighted by Crippen LogP contribution is -2.45. The van der Waals surface area contributed by atoms with Gasteiger partial charge in [0.05, 0.1) is 6.61 Å². The number of hydrogen-bond acceptors (Lipinski definition) is 3. The van der Waals surface area contributed by atoms with Crippen molar-refractivity contribution in [3.05, 3.63) is 34.9 Å². The van der Waals surface area contributed by atoms with Crippen molar-refractivity contribution in [1.82, 2.24) is 0 Å². The molecule has 0 radical (unpaired) electrons. The molecule has 1 atom stereocenters. The number of ether oxygens (including phenoxy) is 1. The number of carbonyl (C=O) groups is 2. The average molecular weight is 295 g/mol. The van der Waals surface area contributed by atoms with Crippen molar-refractivity contribution in [2.24, 2.45) is 0 Å². The molecule has 20 heavy (non-hydrogen) atoms. The van der Waals surface area contributed by atoms with Gasteiger partial charge in [0, 0.05) is 11.4 Å². The number of rotatable bonds is 6. The number of carboxylic acids is 1. The van der Waals surface area contributed by atoms with Gasteiger partial charge in [-0.3, -0.25) is 9.59 Å². The van der Waals surface area contributed by atoms with Gasteiger partial charge in [-0.25, -0.2) is 0 Å². The molecule has 0 aromatic heterocycles. The summed E-state index contributed by atoms with van der Waals surface area (Å²) in [5.41, 5.74) is -1.56. The Morgan fingerprint density at radius 2 is 2.20 bits per heavy atom. The lowest BCUT2D eigenvalue weighted by atomic mass is 9.76. The molecular formula is C15H15ClO4. The third-order valence-electron chi connectivity index (χ3n) is 2.95. The fourth-order valence-corrected chi connectivity index (χ4v) is 2.14. The van der Waals surface area contributed by atoms with Crippen molar-refractivity contribution >= 4 is 23.5 Å². The Hall–Kier alpha value is -1.99. The summed E-state index contributed by atoms with van der Waals surface area (Å²) in [6, 6.07) is 6.17. The number of benzene rings is 1. The molecule has 0 saturated heterocycles. The zero-order valence-electron chi connectivity index (χ0n) is 11.1. The number of carbonyl (C=O) groups excluding carboxylic acids is 1. The van der Waals surface area contributed by atoms with Gasteiger partial charge in [0.1, 0.15) is 0 Å². The number of esters is 1. The minimum Gasteiger partial charge on any atom is -0.480 e. The van der Waals surface area contributed by atoms with Crippen LogP contribution in [0, 0.1) is 12.3 Å². The van der Waals surface area contributed by atoms with Gasteiger partial charge in [0.15, 0.2) is 5.41 Å². The first-order valence-corrected chi connectivity index (χ1v) is 6.47. The van der Waals surface area contributed by atoms with Crippen LogP contribution in [-0.4, -0.2) is 23.7 Å². The van der Waals surface area contributed by atoms with E-state index in [-0.39, 0.29) is 25.0 Å². The summed E-state index contributed by atoms with van der Waals surface area (Å²) in [6.45, 7) is 1.70. The Labute approximate surface area is 122 Å². The van der Waals surface area contributed by atoms with Gasteiger partial charge in [-0.05, 0) is 31.0 Å². The predicted octanol–water partition coefficient (Wildman–Crippen LogP) is 2.64. The van der Waals surface area contributed by atoms with Gasteiger partial charge in [-0.15, -0.1) is 12.3 Å². The molecule has 5 heteroatoms. The maximum atomic E-state index is 12.2. The van der Waals surface area contributed by atoms with Gasteiger partial charge >= 0.3 is 11.9 Å². The maximum Gasteiger partial charge on any atom is 0.328 e. The first-order chi connectivity index (χ1) is 9.48. The van der Waals surface area contributed by atoms with Gasteiger partial charge in [-0.2, -0.15) is 0 Å². The topological polar surface area (TPSA) is 63.6 Å². The average Bonchev–Trinajstić information content (AvgIpc) is 2.39. The number of halogens is 1.